The number of hydrogen-bond donors (Lipinski definition) is 0. The van der Waals surface area contributed by atoms with E-state index in [0.29, 0.717) is 6.54 Å². The summed E-state index contributed by atoms with van der Waals surface area (Å²) in [4.78, 5) is 12.2. The van der Waals surface area contributed by atoms with Gasteiger partial charge in [0.2, 0.25) is 0 Å². The first-order valence-electron chi connectivity index (χ1n) is 7.74. The monoisotopic (exact) mass is 286 g/mol. The van der Waals surface area contributed by atoms with Gasteiger partial charge in [-0.05, 0) is 40.0 Å². The molecule has 0 bridgehead atoms. The molecule has 1 saturated heterocycles. The molecule has 0 unspecified atom stereocenters. The van der Waals surface area contributed by atoms with Gasteiger partial charge in [-0.25, -0.2) is 14.8 Å². The van der Waals surface area contributed by atoms with Crippen molar-refractivity contribution < 1.29 is 14.3 Å². The fourth-order valence-electron chi connectivity index (χ4n) is 2.24. The molecule has 1 amide bonds. The van der Waals surface area contributed by atoms with Crippen LogP contribution >= 0.6 is 0 Å². The van der Waals surface area contributed by atoms with Crippen LogP contribution < -0.4 is 0 Å². The van der Waals surface area contributed by atoms with Crippen LogP contribution in [-0.4, -0.2) is 54.1 Å². The van der Waals surface area contributed by atoms with Crippen LogP contribution in [0.25, 0.3) is 0 Å². The van der Waals surface area contributed by atoms with Gasteiger partial charge in [-0.1, -0.05) is 13.8 Å². The van der Waals surface area contributed by atoms with E-state index in [1.165, 1.54) is 0 Å². The highest BCUT2D eigenvalue weighted by Gasteiger charge is 2.32. The van der Waals surface area contributed by atoms with Crippen LogP contribution in [0, 0.1) is 0 Å². The Balaban J connectivity index is 2.59. The third-order valence-electron chi connectivity index (χ3n) is 3.06. The first-order valence-corrected chi connectivity index (χ1v) is 7.74. The van der Waals surface area contributed by atoms with Gasteiger partial charge >= 0.3 is 6.09 Å². The molecule has 1 fully saturated rings. The van der Waals surface area contributed by atoms with E-state index in [1.54, 1.807) is 5.01 Å². The molecule has 0 aromatic carbocycles. The second-order valence-electron chi connectivity index (χ2n) is 6.30. The summed E-state index contributed by atoms with van der Waals surface area (Å²) >= 11 is 0. The number of nitrogens with zero attached hydrogens (tertiary/aromatic N) is 2. The maximum Gasteiger partial charge on any atom is 0.424 e. The quantitative estimate of drug-likeness (QED) is 0.779. The van der Waals surface area contributed by atoms with Crippen molar-refractivity contribution in [2.24, 2.45) is 0 Å². The second-order valence-corrected chi connectivity index (χ2v) is 6.30. The molecule has 1 aliphatic heterocycles. The van der Waals surface area contributed by atoms with Crippen molar-refractivity contribution in [2.75, 3.05) is 26.2 Å². The lowest BCUT2D eigenvalue weighted by molar-refractivity contribution is -0.110. The van der Waals surface area contributed by atoms with E-state index in [9.17, 15) is 4.79 Å². The highest BCUT2D eigenvalue weighted by molar-refractivity contribution is 5.67. The first-order chi connectivity index (χ1) is 9.37. The van der Waals surface area contributed by atoms with Gasteiger partial charge in [-0.3, -0.25) is 0 Å². The minimum Gasteiger partial charge on any atom is -0.443 e. The summed E-state index contributed by atoms with van der Waals surface area (Å²) in [5, 5.41) is 3.80. The molecule has 1 rings (SSSR count). The number of rotatable bonds is 5. The van der Waals surface area contributed by atoms with Crippen LogP contribution in [0.15, 0.2) is 0 Å². The van der Waals surface area contributed by atoms with E-state index in [0.717, 1.165) is 39.0 Å². The van der Waals surface area contributed by atoms with Gasteiger partial charge in [0.15, 0.2) is 0 Å². The molecular formula is C15H30N2O3. The molecule has 118 valence electrons. The minimum absolute atomic E-state index is 0.222. The van der Waals surface area contributed by atoms with Crippen molar-refractivity contribution in [2.45, 2.75) is 65.6 Å². The maximum absolute atomic E-state index is 12.2. The highest BCUT2D eigenvalue weighted by atomic mass is 16.6. The van der Waals surface area contributed by atoms with E-state index in [2.05, 4.69) is 18.9 Å². The standard InChI is InChI=1S/C15H30N2O3/c1-6-9-16-12-13(19-11-7-2)8-10-17(16)14(18)20-15(3,4)5/h13H,6-12H2,1-5H3/t13-/m0/s1. The predicted molar refractivity (Wildman–Crippen MR) is 79.5 cm³/mol. The Bertz CT molecular complexity index is 302. The molecule has 0 aliphatic carbocycles. The third-order valence-corrected chi connectivity index (χ3v) is 3.06. The third kappa shape index (κ3) is 5.67. The number of carbonyl (C=O) groups is 1. The fraction of sp³-hybridized carbons (Fsp3) is 0.933. The van der Waals surface area contributed by atoms with E-state index < -0.39 is 5.60 Å². The van der Waals surface area contributed by atoms with Crippen molar-refractivity contribution in [1.82, 2.24) is 10.0 Å². The van der Waals surface area contributed by atoms with Crippen LogP contribution in [0.3, 0.4) is 0 Å². The number of hydrogen-bond acceptors (Lipinski definition) is 4. The average Bonchev–Trinajstić information content (AvgIpc) is 2.34. The summed E-state index contributed by atoms with van der Waals surface area (Å²) < 4.78 is 11.3. The van der Waals surface area contributed by atoms with Crippen LogP contribution in [0.1, 0.15) is 53.9 Å². The van der Waals surface area contributed by atoms with Gasteiger partial charge in [0, 0.05) is 26.2 Å². The zero-order chi connectivity index (χ0) is 15.2. The Morgan fingerprint density at radius 1 is 1.25 bits per heavy atom. The zero-order valence-electron chi connectivity index (χ0n) is 13.6. The zero-order valence-corrected chi connectivity index (χ0v) is 13.6. The summed E-state index contributed by atoms with van der Waals surface area (Å²) in [6, 6.07) is 0. The van der Waals surface area contributed by atoms with E-state index in [1.807, 2.05) is 20.8 Å². The molecule has 0 radical (unpaired) electrons. The summed E-state index contributed by atoms with van der Waals surface area (Å²) in [6.07, 6.45) is 2.87. The topological polar surface area (TPSA) is 42.0 Å². The van der Waals surface area contributed by atoms with E-state index in [4.69, 9.17) is 9.47 Å². The Hall–Kier alpha value is -0.810. The molecule has 5 nitrogen and oxygen atoms in total. The molecule has 0 spiro atoms. The summed E-state index contributed by atoms with van der Waals surface area (Å²) in [7, 11) is 0. The first kappa shape index (κ1) is 17.2. The van der Waals surface area contributed by atoms with E-state index >= 15 is 0 Å². The molecule has 0 saturated carbocycles. The Morgan fingerprint density at radius 3 is 2.50 bits per heavy atom. The van der Waals surface area contributed by atoms with Gasteiger partial charge in [0.1, 0.15) is 5.60 Å². The van der Waals surface area contributed by atoms with Gasteiger partial charge in [-0.2, -0.15) is 0 Å². The number of hydrazine groups is 1. The van der Waals surface area contributed by atoms with Gasteiger partial charge in [-0.15, -0.1) is 0 Å². The minimum atomic E-state index is -0.454. The van der Waals surface area contributed by atoms with Gasteiger partial charge in [0.05, 0.1) is 6.10 Å². The van der Waals surface area contributed by atoms with Crippen molar-refractivity contribution in [3.63, 3.8) is 0 Å². The maximum atomic E-state index is 12.2. The molecular weight excluding hydrogens is 256 g/mol. The SMILES string of the molecule is CCCO[C@H]1CCN(C(=O)OC(C)(C)C)N(CCC)C1. The van der Waals surface area contributed by atoms with Crippen molar-refractivity contribution in [3.8, 4) is 0 Å². The van der Waals surface area contributed by atoms with Crippen molar-refractivity contribution in [1.29, 1.82) is 0 Å². The van der Waals surface area contributed by atoms with E-state index in [-0.39, 0.29) is 12.2 Å². The second kappa shape index (κ2) is 7.84. The van der Waals surface area contributed by atoms with Gasteiger partial charge < -0.3 is 9.47 Å². The number of carbonyl (C=O) groups excluding carboxylic acids is 1. The summed E-state index contributed by atoms with van der Waals surface area (Å²) in [5.41, 5.74) is -0.454. The molecule has 1 aliphatic rings. The Morgan fingerprint density at radius 2 is 1.95 bits per heavy atom. The van der Waals surface area contributed by atoms with Crippen LogP contribution in [-0.2, 0) is 9.47 Å². The predicted octanol–water partition coefficient (Wildman–Crippen LogP) is 3.05. The lowest BCUT2D eigenvalue weighted by atomic mass is 10.2. The van der Waals surface area contributed by atoms with Crippen LogP contribution in [0.4, 0.5) is 4.79 Å². The molecule has 20 heavy (non-hydrogen) atoms. The van der Waals surface area contributed by atoms with Crippen molar-refractivity contribution >= 4 is 6.09 Å². The van der Waals surface area contributed by atoms with Crippen LogP contribution in [0.5, 0.6) is 0 Å². The molecule has 0 aromatic rings. The lowest BCUT2D eigenvalue weighted by Crippen LogP contribution is -2.56. The Labute approximate surface area is 123 Å². The molecule has 1 atom stereocenters. The normalized spacial score (nSPS) is 21.1. The molecule has 0 N–H and O–H groups in total. The number of amides is 1. The molecule has 0 aromatic heterocycles. The largest absolute Gasteiger partial charge is 0.443 e. The summed E-state index contributed by atoms with van der Waals surface area (Å²) in [5.74, 6) is 0. The smallest absolute Gasteiger partial charge is 0.424 e. The molecule has 5 heteroatoms. The van der Waals surface area contributed by atoms with Crippen LogP contribution in [0.2, 0.25) is 0 Å². The molecule has 1 heterocycles. The fourth-order valence-corrected chi connectivity index (χ4v) is 2.24. The van der Waals surface area contributed by atoms with Crippen molar-refractivity contribution in [3.05, 3.63) is 0 Å². The summed E-state index contributed by atoms with van der Waals surface area (Å²) in [6.45, 7) is 13.0. The highest BCUT2D eigenvalue weighted by Crippen LogP contribution is 2.18. The Kier molecular flexibility index (Phi) is 6.76. The lowest BCUT2D eigenvalue weighted by Gasteiger charge is -2.42. The average molecular weight is 286 g/mol. The van der Waals surface area contributed by atoms with Gasteiger partial charge in [0.25, 0.3) is 0 Å². The number of ether oxygens (including phenoxy) is 2.